The monoisotopic (exact) mass is 325 g/mol. The summed E-state index contributed by atoms with van der Waals surface area (Å²) in [6.45, 7) is 2.68. The number of aromatic nitrogens is 3. The van der Waals surface area contributed by atoms with Crippen molar-refractivity contribution in [1.29, 1.82) is 0 Å². The van der Waals surface area contributed by atoms with Gasteiger partial charge in [-0.15, -0.1) is 0 Å². The molecule has 3 heterocycles. The maximum absolute atomic E-state index is 10.6. The van der Waals surface area contributed by atoms with Gasteiger partial charge < -0.3 is 15.5 Å². The molecule has 0 aliphatic carbocycles. The summed E-state index contributed by atoms with van der Waals surface area (Å²) >= 11 is 0. The molecule has 3 rings (SSSR count). The zero-order chi connectivity index (χ0) is 17.4. The number of aryl methyl sites for hydroxylation is 1. The zero-order valence-electron chi connectivity index (χ0n) is 13.6. The standard InChI is InChI=1S/C10H9N3O2.C7H10N2/c1-6-2-3-9(15-6)8-4-7(5-14)12-10(11)13-8;1-8-6-7-4-2-3-5-9-7/h2-5H,1H3,(H2,11,12,13);2-5,8H,6H2,1H3. The van der Waals surface area contributed by atoms with Crippen LogP contribution < -0.4 is 11.1 Å². The zero-order valence-corrected chi connectivity index (χ0v) is 13.6. The van der Waals surface area contributed by atoms with Gasteiger partial charge in [-0.25, -0.2) is 9.97 Å². The van der Waals surface area contributed by atoms with Gasteiger partial charge in [0, 0.05) is 12.7 Å². The van der Waals surface area contributed by atoms with Gasteiger partial charge in [0.1, 0.15) is 17.1 Å². The molecule has 3 aromatic heterocycles. The average Bonchev–Trinajstić information content (AvgIpc) is 3.03. The van der Waals surface area contributed by atoms with Crippen LogP contribution in [0.4, 0.5) is 5.95 Å². The van der Waals surface area contributed by atoms with Gasteiger partial charge in [0.2, 0.25) is 5.95 Å². The Kier molecular flexibility index (Phi) is 6.16. The first-order chi connectivity index (χ1) is 11.6. The SMILES string of the molecule is CNCc1ccccn1.Cc1ccc(-c2cc(C=O)nc(N)n2)o1. The van der Waals surface area contributed by atoms with Crippen LogP contribution >= 0.6 is 0 Å². The first kappa shape index (κ1) is 17.3. The first-order valence-corrected chi connectivity index (χ1v) is 7.33. The molecule has 7 nitrogen and oxygen atoms in total. The third-order valence-corrected chi connectivity index (χ3v) is 2.96. The molecule has 7 heteroatoms. The van der Waals surface area contributed by atoms with Gasteiger partial charge in [0.05, 0.1) is 5.69 Å². The highest BCUT2D eigenvalue weighted by Gasteiger charge is 2.07. The lowest BCUT2D eigenvalue weighted by molar-refractivity contribution is 0.111. The highest BCUT2D eigenvalue weighted by Crippen LogP contribution is 2.20. The van der Waals surface area contributed by atoms with Crippen LogP contribution in [-0.4, -0.2) is 28.3 Å². The number of carbonyl (C=O) groups excluding carboxylic acids is 1. The largest absolute Gasteiger partial charge is 0.460 e. The van der Waals surface area contributed by atoms with Crippen molar-refractivity contribution in [3.63, 3.8) is 0 Å². The molecule has 3 N–H and O–H groups in total. The second-order valence-corrected chi connectivity index (χ2v) is 4.92. The number of carbonyl (C=O) groups is 1. The van der Waals surface area contributed by atoms with E-state index in [1.807, 2.05) is 38.2 Å². The lowest BCUT2D eigenvalue weighted by Crippen LogP contribution is -2.05. The van der Waals surface area contributed by atoms with Gasteiger partial charge >= 0.3 is 0 Å². The summed E-state index contributed by atoms with van der Waals surface area (Å²) in [6.07, 6.45) is 2.42. The van der Waals surface area contributed by atoms with E-state index in [2.05, 4.69) is 20.3 Å². The topological polar surface area (TPSA) is 107 Å². The molecule has 0 saturated heterocycles. The molecule has 0 saturated carbocycles. The minimum absolute atomic E-state index is 0.0589. The normalized spacial score (nSPS) is 9.92. The first-order valence-electron chi connectivity index (χ1n) is 7.33. The highest BCUT2D eigenvalue weighted by atomic mass is 16.3. The van der Waals surface area contributed by atoms with Gasteiger partial charge in [-0.2, -0.15) is 0 Å². The summed E-state index contributed by atoms with van der Waals surface area (Å²) in [5.74, 6) is 1.41. The van der Waals surface area contributed by atoms with Crippen molar-refractivity contribution in [2.24, 2.45) is 0 Å². The second-order valence-electron chi connectivity index (χ2n) is 4.92. The molecule has 0 spiro atoms. The molecule has 0 aliphatic rings. The molecular weight excluding hydrogens is 306 g/mol. The van der Waals surface area contributed by atoms with Crippen LogP contribution in [0.3, 0.4) is 0 Å². The number of aldehydes is 1. The summed E-state index contributed by atoms with van der Waals surface area (Å²) in [6, 6.07) is 11.0. The fourth-order valence-electron chi connectivity index (χ4n) is 1.93. The van der Waals surface area contributed by atoms with E-state index in [-0.39, 0.29) is 11.6 Å². The van der Waals surface area contributed by atoms with E-state index >= 15 is 0 Å². The van der Waals surface area contributed by atoms with E-state index in [4.69, 9.17) is 10.2 Å². The third-order valence-electron chi connectivity index (χ3n) is 2.96. The van der Waals surface area contributed by atoms with Crippen molar-refractivity contribution in [2.75, 3.05) is 12.8 Å². The Morgan fingerprint density at radius 2 is 2.08 bits per heavy atom. The maximum atomic E-state index is 10.6. The van der Waals surface area contributed by atoms with Crippen LogP contribution in [0.25, 0.3) is 11.5 Å². The minimum atomic E-state index is 0.0589. The summed E-state index contributed by atoms with van der Waals surface area (Å²) in [5, 5.41) is 3.02. The van der Waals surface area contributed by atoms with Gasteiger partial charge in [0.25, 0.3) is 0 Å². The lowest BCUT2D eigenvalue weighted by atomic mass is 10.3. The number of hydrogen-bond donors (Lipinski definition) is 2. The third kappa shape index (κ3) is 4.99. The predicted octanol–water partition coefficient (Wildman–Crippen LogP) is 2.24. The molecule has 0 fully saturated rings. The summed E-state index contributed by atoms with van der Waals surface area (Å²) in [5.41, 5.74) is 7.29. The molecule has 0 aromatic carbocycles. The average molecular weight is 325 g/mol. The van der Waals surface area contributed by atoms with Crippen LogP contribution in [0.5, 0.6) is 0 Å². The van der Waals surface area contributed by atoms with Crippen molar-refractivity contribution < 1.29 is 9.21 Å². The minimum Gasteiger partial charge on any atom is -0.460 e. The number of anilines is 1. The number of nitrogens with two attached hydrogens (primary N) is 1. The summed E-state index contributed by atoms with van der Waals surface area (Å²) in [7, 11) is 1.91. The van der Waals surface area contributed by atoms with E-state index in [1.165, 1.54) is 6.07 Å². The van der Waals surface area contributed by atoms with E-state index in [0.717, 1.165) is 18.0 Å². The fraction of sp³-hybridized carbons (Fsp3) is 0.176. The summed E-state index contributed by atoms with van der Waals surface area (Å²) < 4.78 is 5.36. The highest BCUT2D eigenvalue weighted by molar-refractivity contribution is 5.74. The van der Waals surface area contributed by atoms with Crippen molar-refractivity contribution in [3.05, 3.63) is 59.7 Å². The van der Waals surface area contributed by atoms with Crippen molar-refractivity contribution in [3.8, 4) is 11.5 Å². The van der Waals surface area contributed by atoms with Crippen molar-refractivity contribution >= 4 is 12.2 Å². The Hall–Kier alpha value is -3.06. The molecule has 0 radical (unpaired) electrons. The Morgan fingerprint density at radius 3 is 2.67 bits per heavy atom. The van der Waals surface area contributed by atoms with E-state index < -0.39 is 0 Å². The fourth-order valence-corrected chi connectivity index (χ4v) is 1.93. The van der Waals surface area contributed by atoms with Gasteiger partial charge in [-0.3, -0.25) is 9.78 Å². The van der Waals surface area contributed by atoms with Crippen LogP contribution in [0.15, 0.2) is 47.0 Å². The number of nitrogens with zero attached hydrogens (tertiary/aromatic N) is 3. The Balaban J connectivity index is 0.000000198. The van der Waals surface area contributed by atoms with Crippen LogP contribution in [0, 0.1) is 6.92 Å². The molecule has 24 heavy (non-hydrogen) atoms. The number of nitrogen functional groups attached to an aromatic ring is 1. The predicted molar refractivity (Wildman–Crippen MR) is 91.3 cm³/mol. The van der Waals surface area contributed by atoms with Crippen LogP contribution in [-0.2, 0) is 6.54 Å². The van der Waals surface area contributed by atoms with Gasteiger partial charge in [-0.05, 0) is 44.3 Å². The van der Waals surface area contributed by atoms with Crippen LogP contribution in [0.2, 0.25) is 0 Å². The Bertz CT molecular complexity index is 787. The number of nitrogens with one attached hydrogen (secondary N) is 1. The van der Waals surface area contributed by atoms with Gasteiger partial charge in [0.15, 0.2) is 12.0 Å². The molecule has 0 atom stereocenters. The number of rotatable bonds is 4. The van der Waals surface area contributed by atoms with E-state index in [9.17, 15) is 4.79 Å². The molecular formula is C17H19N5O2. The Morgan fingerprint density at radius 1 is 1.25 bits per heavy atom. The van der Waals surface area contributed by atoms with Crippen molar-refractivity contribution in [2.45, 2.75) is 13.5 Å². The van der Waals surface area contributed by atoms with Crippen LogP contribution in [0.1, 0.15) is 21.9 Å². The van der Waals surface area contributed by atoms with E-state index in [1.54, 1.807) is 12.3 Å². The summed E-state index contributed by atoms with van der Waals surface area (Å²) in [4.78, 5) is 22.4. The number of hydrogen-bond acceptors (Lipinski definition) is 7. The Labute approximate surface area is 140 Å². The molecule has 0 unspecified atom stereocenters. The second kappa shape index (κ2) is 8.54. The number of pyridine rings is 1. The lowest BCUT2D eigenvalue weighted by Gasteiger charge is -1.98. The van der Waals surface area contributed by atoms with Crippen molar-refractivity contribution in [1.82, 2.24) is 20.3 Å². The van der Waals surface area contributed by atoms with Gasteiger partial charge in [-0.1, -0.05) is 6.07 Å². The molecule has 0 amide bonds. The molecule has 0 bridgehead atoms. The molecule has 3 aromatic rings. The smallest absolute Gasteiger partial charge is 0.221 e. The van der Waals surface area contributed by atoms with E-state index in [0.29, 0.717) is 17.7 Å². The number of furan rings is 1. The molecule has 0 aliphatic heterocycles. The quantitative estimate of drug-likeness (QED) is 0.708. The molecule has 124 valence electrons. The maximum Gasteiger partial charge on any atom is 0.221 e.